The lowest BCUT2D eigenvalue weighted by molar-refractivity contribution is 0.267. The van der Waals surface area contributed by atoms with Crippen molar-refractivity contribution < 1.29 is 0 Å². The molecular formula is C15H18BrN3. The van der Waals surface area contributed by atoms with Crippen molar-refractivity contribution in [3.8, 4) is 0 Å². The minimum atomic E-state index is 0.292. The van der Waals surface area contributed by atoms with Crippen LogP contribution in [-0.2, 0) is 0 Å². The van der Waals surface area contributed by atoms with Crippen LogP contribution in [0.5, 0.6) is 0 Å². The predicted octanol–water partition coefficient (Wildman–Crippen LogP) is 3.77. The molecule has 1 unspecified atom stereocenters. The van der Waals surface area contributed by atoms with Gasteiger partial charge in [-0.2, -0.15) is 0 Å². The van der Waals surface area contributed by atoms with Crippen LogP contribution in [0.2, 0.25) is 0 Å². The number of imidazole rings is 1. The summed E-state index contributed by atoms with van der Waals surface area (Å²) in [5.41, 5.74) is 1.44. The summed E-state index contributed by atoms with van der Waals surface area (Å²) in [4.78, 5) is 7.45. The molecule has 0 bridgehead atoms. The molecule has 1 heterocycles. The van der Waals surface area contributed by atoms with E-state index >= 15 is 0 Å². The first kappa shape index (κ1) is 12.9. The second-order valence-corrected chi connectivity index (χ2v) is 6.10. The number of benzene rings is 1. The molecule has 1 aliphatic rings. The summed E-state index contributed by atoms with van der Waals surface area (Å²) >= 11 is 3.64. The summed E-state index contributed by atoms with van der Waals surface area (Å²) in [5.74, 6) is 1.70. The number of hydrogen-bond donors (Lipinski definition) is 2. The second-order valence-electron chi connectivity index (χ2n) is 5.25. The normalized spacial score (nSPS) is 23.9. The van der Waals surface area contributed by atoms with E-state index in [2.05, 4.69) is 62.4 Å². The molecule has 1 aromatic carbocycles. The van der Waals surface area contributed by atoms with Crippen LogP contribution in [0.1, 0.15) is 43.1 Å². The maximum Gasteiger partial charge on any atom is 0.122 e. The minimum Gasteiger partial charge on any atom is -0.347 e. The third-order valence-corrected chi connectivity index (χ3v) is 4.62. The average Bonchev–Trinajstić information content (AvgIpc) is 2.88. The summed E-state index contributed by atoms with van der Waals surface area (Å²) < 4.78 is 1.23. The molecule has 4 heteroatoms. The first-order chi connectivity index (χ1) is 9.24. The minimum absolute atomic E-state index is 0.292. The van der Waals surface area contributed by atoms with Gasteiger partial charge in [-0.1, -0.05) is 34.1 Å². The topological polar surface area (TPSA) is 40.7 Å². The van der Waals surface area contributed by atoms with E-state index in [9.17, 15) is 0 Å². The quantitative estimate of drug-likeness (QED) is 0.900. The molecule has 3 rings (SSSR count). The molecule has 0 spiro atoms. The third kappa shape index (κ3) is 2.74. The zero-order valence-electron chi connectivity index (χ0n) is 10.9. The lowest BCUT2D eigenvalue weighted by atomic mass is 9.75. The Labute approximate surface area is 122 Å². The van der Waals surface area contributed by atoms with E-state index in [1.807, 2.05) is 6.20 Å². The Morgan fingerprint density at radius 1 is 1.37 bits per heavy atom. The van der Waals surface area contributed by atoms with Gasteiger partial charge in [-0.05, 0) is 37.3 Å². The van der Waals surface area contributed by atoms with Gasteiger partial charge < -0.3 is 10.3 Å². The number of nitrogens with one attached hydrogen (secondary N) is 2. The van der Waals surface area contributed by atoms with E-state index in [-0.39, 0.29) is 0 Å². The first-order valence-electron chi connectivity index (χ1n) is 6.74. The van der Waals surface area contributed by atoms with E-state index in [1.54, 1.807) is 6.20 Å². The Morgan fingerprint density at radius 3 is 2.84 bits per heavy atom. The molecule has 1 aromatic heterocycles. The monoisotopic (exact) mass is 319 g/mol. The highest BCUT2D eigenvalue weighted by Gasteiger charge is 2.32. The van der Waals surface area contributed by atoms with Gasteiger partial charge in [0.2, 0.25) is 0 Å². The Hall–Kier alpha value is -1.13. The fraction of sp³-hybridized carbons (Fsp3) is 0.400. The van der Waals surface area contributed by atoms with Crippen molar-refractivity contribution in [3.05, 3.63) is 52.5 Å². The number of H-pyrrole nitrogens is 1. The van der Waals surface area contributed by atoms with Crippen molar-refractivity contribution >= 4 is 15.9 Å². The Bertz CT molecular complexity index is 532. The second kappa shape index (κ2) is 5.47. The maximum absolute atomic E-state index is 4.29. The molecule has 1 fully saturated rings. The molecule has 0 aliphatic heterocycles. The molecule has 100 valence electrons. The summed E-state index contributed by atoms with van der Waals surface area (Å²) in [6.45, 7) is 2.16. The molecule has 2 N–H and O–H groups in total. The molecular weight excluding hydrogens is 302 g/mol. The van der Waals surface area contributed by atoms with Crippen molar-refractivity contribution in [1.82, 2.24) is 15.3 Å². The van der Waals surface area contributed by atoms with Crippen LogP contribution in [0.15, 0.2) is 41.1 Å². The van der Waals surface area contributed by atoms with Gasteiger partial charge in [0.1, 0.15) is 5.82 Å². The van der Waals surface area contributed by atoms with Gasteiger partial charge in [-0.3, -0.25) is 0 Å². The third-order valence-electron chi connectivity index (χ3n) is 3.90. The fourth-order valence-electron chi connectivity index (χ4n) is 2.76. The van der Waals surface area contributed by atoms with Crippen molar-refractivity contribution in [2.24, 2.45) is 0 Å². The van der Waals surface area contributed by atoms with Crippen LogP contribution in [0.25, 0.3) is 0 Å². The number of hydrogen-bond acceptors (Lipinski definition) is 2. The molecule has 1 atom stereocenters. The lowest BCUT2D eigenvalue weighted by Crippen LogP contribution is -2.41. The largest absolute Gasteiger partial charge is 0.347 e. The number of aromatic nitrogens is 2. The SMILES string of the molecule is CC(NC1CC(c2ccccc2Br)C1)c1ncc[nH]1. The predicted molar refractivity (Wildman–Crippen MR) is 80.0 cm³/mol. The summed E-state index contributed by atoms with van der Waals surface area (Å²) in [7, 11) is 0. The van der Waals surface area contributed by atoms with Gasteiger partial charge in [0, 0.05) is 22.9 Å². The van der Waals surface area contributed by atoms with Crippen molar-refractivity contribution in [2.75, 3.05) is 0 Å². The highest BCUT2D eigenvalue weighted by atomic mass is 79.9. The molecule has 1 saturated carbocycles. The average molecular weight is 320 g/mol. The zero-order valence-corrected chi connectivity index (χ0v) is 12.5. The smallest absolute Gasteiger partial charge is 0.122 e. The van der Waals surface area contributed by atoms with Crippen LogP contribution >= 0.6 is 15.9 Å². The van der Waals surface area contributed by atoms with Crippen LogP contribution in [0.4, 0.5) is 0 Å². The molecule has 19 heavy (non-hydrogen) atoms. The van der Waals surface area contributed by atoms with Crippen molar-refractivity contribution in [2.45, 2.75) is 37.8 Å². The van der Waals surface area contributed by atoms with E-state index in [1.165, 1.54) is 22.9 Å². The van der Waals surface area contributed by atoms with Crippen LogP contribution < -0.4 is 5.32 Å². The highest BCUT2D eigenvalue weighted by Crippen LogP contribution is 2.40. The summed E-state index contributed by atoms with van der Waals surface area (Å²) in [6.07, 6.45) is 6.08. The molecule has 1 aliphatic carbocycles. The van der Waals surface area contributed by atoms with E-state index in [0.717, 1.165) is 5.82 Å². The van der Waals surface area contributed by atoms with E-state index < -0.39 is 0 Å². The van der Waals surface area contributed by atoms with Gasteiger partial charge in [0.15, 0.2) is 0 Å². The van der Waals surface area contributed by atoms with Gasteiger partial charge in [0.25, 0.3) is 0 Å². The number of rotatable bonds is 4. The maximum atomic E-state index is 4.29. The Morgan fingerprint density at radius 2 is 2.16 bits per heavy atom. The zero-order chi connectivity index (χ0) is 13.2. The highest BCUT2D eigenvalue weighted by molar-refractivity contribution is 9.10. The summed E-state index contributed by atoms with van der Waals surface area (Å²) in [6, 6.07) is 9.42. The van der Waals surface area contributed by atoms with Crippen LogP contribution in [0.3, 0.4) is 0 Å². The van der Waals surface area contributed by atoms with Gasteiger partial charge in [0.05, 0.1) is 6.04 Å². The van der Waals surface area contributed by atoms with Gasteiger partial charge >= 0.3 is 0 Å². The van der Waals surface area contributed by atoms with E-state index in [0.29, 0.717) is 18.0 Å². The number of halogens is 1. The first-order valence-corrected chi connectivity index (χ1v) is 7.53. The summed E-state index contributed by atoms with van der Waals surface area (Å²) in [5, 5.41) is 3.63. The molecule has 0 radical (unpaired) electrons. The van der Waals surface area contributed by atoms with Crippen LogP contribution in [-0.4, -0.2) is 16.0 Å². The van der Waals surface area contributed by atoms with E-state index in [4.69, 9.17) is 0 Å². The van der Waals surface area contributed by atoms with Crippen LogP contribution in [0, 0.1) is 0 Å². The molecule has 2 aromatic rings. The molecule has 0 amide bonds. The Balaban J connectivity index is 1.55. The lowest BCUT2D eigenvalue weighted by Gasteiger charge is -2.38. The fourth-order valence-corrected chi connectivity index (χ4v) is 3.37. The van der Waals surface area contributed by atoms with Gasteiger partial charge in [-0.25, -0.2) is 4.98 Å². The number of aromatic amines is 1. The molecule has 3 nitrogen and oxygen atoms in total. The Kier molecular flexibility index (Phi) is 3.71. The van der Waals surface area contributed by atoms with Gasteiger partial charge in [-0.15, -0.1) is 0 Å². The van der Waals surface area contributed by atoms with Crippen molar-refractivity contribution in [1.29, 1.82) is 0 Å². The standard InChI is InChI=1S/C15H18BrN3/c1-10(15-17-6-7-18-15)19-12-8-11(9-12)13-4-2-3-5-14(13)16/h2-7,10-12,19H,8-9H2,1H3,(H,17,18). The van der Waals surface area contributed by atoms with Crippen molar-refractivity contribution in [3.63, 3.8) is 0 Å². The molecule has 0 saturated heterocycles. The number of nitrogens with zero attached hydrogens (tertiary/aromatic N) is 1.